The van der Waals surface area contributed by atoms with E-state index in [4.69, 9.17) is 0 Å². The monoisotopic (exact) mass is 387 g/mol. The maximum absolute atomic E-state index is 12.4. The Kier molecular flexibility index (Phi) is 4.85. The molecule has 4 rings (SSSR count). The summed E-state index contributed by atoms with van der Waals surface area (Å²) in [4.78, 5) is 12.4. The minimum absolute atomic E-state index is 0.0878. The highest BCUT2D eigenvalue weighted by atomic mass is 16.5. The highest BCUT2D eigenvalue weighted by Crippen LogP contribution is 2.24. The third kappa shape index (κ3) is 3.74. The van der Waals surface area contributed by atoms with Gasteiger partial charge in [-0.05, 0) is 27.9 Å². The summed E-state index contributed by atoms with van der Waals surface area (Å²) < 4.78 is 1.99. The summed E-state index contributed by atoms with van der Waals surface area (Å²) in [6.45, 7) is 3.23. The van der Waals surface area contributed by atoms with Crippen molar-refractivity contribution in [3.05, 3.63) is 71.9 Å². The van der Waals surface area contributed by atoms with Crippen LogP contribution in [0.1, 0.15) is 0 Å². The molecule has 0 aliphatic carbocycles. The number of amides is 1. The highest BCUT2D eigenvalue weighted by Gasteiger charge is 2.14. The van der Waals surface area contributed by atoms with Gasteiger partial charge in [0.05, 0.1) is 12.2 Å². The van der Waals surface area contributed by atoms with Crippen LogP contribution in [0.3, 0.4) is 0 Å². The lowest BCUT2D eigenvalue weighted by Gasteiger charge is -2.11. The number of benzene rings is 3. The van der Waals surface area contributed by atoms with E-state index in [1.165, 1.54) is 0 Å². The average molecular weight is 387 g/mol. The number of rotatable bonds is 6. The Morgan fingerprint density at radius 3 is 2.69 bits per heavy atom. The van der Waals surface area contributed by atoms with Gasteiger partial charge in [0, 0.05) is 11.5 Å². The van der Waals surface area contributed by atoms with E-state index >= 15 is 0 Å². The molecule has 0 radical (unpaired) electrons. The predicted octanol–water partition coefficient (Wildman–Crippen LogP) is 2.71. The quantitative estimate of drug-likeness (QED) is 0.228. The van der Waals surface area contributed by atoms with E-state index in [0.29, 0.717) is 16.4 Å². The largest absolute Gasteiger partial charge is 0.619 e. The molecule has 1 aromatic heterocycles. The highest BCUT2D eigenvalue weighted by molar-refractivity contribution is 5.95. The molecule has 0 spiro atoms. The molecule has 4 aromatic rings. The van der Waals surface area contributed by atoms with Gasteiger partial charge in [-0.15, -0.1) is 0 Å². The number of hydrogen-bond acceptors (Lipinski definition) is 6. The third-order valence-corrected chi connectivity index (χ3v) is 4.32. The maximum atomic E-state index is 12.4. The molecule has 0 saturated heterocycles. The third-order valence-electron chi connectivity index (χ3n) is 4.32. The van der Waals surface area contributed by atoms with Crippen LogP contribution in [0.2, 0.25) is 0 Å². The normalized spacial score (nSPS) is 10.6. The molecule has 0 fully saturated rings. The van der Waals surface area contributed by atoms with Crippen molar-refractivity contribution in [1.29, 1.82) is 0 Å². The van der Waals surface area contributed by atoms with Crippen LogP contribution < -0.4 is 10.6 Å². The summed E-state index contributed by atoms with van der Waals surface area (Å²) in [5.74, 6) is -0.0285. The van der Waals surface area contributed by atoms with Crippen LogP contribution in [0.5, 0.6) is 0 Å². The molecular weight excluding hydrogens is 370 g/mol. The Morgan fingerprint density at radius 2 is 1.83 bits per heavy atom. The van der Waals surface area contributed by atoms with Gasteiger partial charge < -0.3 is 15.8 Å². The van der Waals surface area contributed by atoms with Gasteiger partial charge in [-0.25, -0.2) is 0 Å². The Morgan fingerprint density at radius 1 is 1.07 bits per heavy atom. The van der Waals surface area contributed by atoms with E-state index in [9.17, 15) is 10.0 Å². The Balaban J connectivity index is 1.52. The fourth-order valence-electron chi connectivity index (χ4n) is 3.00. The van der Waals surface area contributed by atoms with Crippen LogP contribution >= 0.6 is 0 Å². The number of anilines is 2. The molecule has 9 heteroatoms. The second-order valence-electron chi connectivity index (χ2n) is 6.21. The van der Waals surface area contributed by atoms with E-state index in [0.717, 1.165) is 16.5 Å². The molecule has 0 unspecified atom stereocenters. The summed E-state index contributed by atoms with van der Waals surface area (Å²) in [6.07, 6.45) is 0. The average Bonchev–Trinajstić information content (AvgIpc) is 3.20. The van der Waals surface area contributed by atoms with Crippen LogP contribution in [-0.2, 0) is 4.79 Å². The molecule has 1 amide bonds. The second kappa shape index (κ2) is 7.77. The van der Waals surface area contributed by atoms with Gasteiger partial charge in [-0.3, -0.25) is 4.79 Å². The van der Waals surface area contributed by atoms with Gasteiger partial charge in [-0.2, -0.15) is 9.42 Å². The number of aromatic nitrogens is 4. The topological polar surface area (TPSA) is 111 Å². The standard InChI is InChI=1S/C20H17N7O2/c1-26(29)18-11-5-4-10-16(18)22-19(28)13-21-20-23-24-25-27(20)17-12-6-8-14-7-2-3-9-15(14)17/h2-12H,1,13H2,(H,22,28)(H,21,23,25). The lowest BCUT2D eigenvalue weighted by molar-refractivity contribution is -0.348. The predicted molar refractivity (Wildman–Crippen MR) is 111 cm³/mol. The van der Waals surface area contributed by atoms with Crippen LogP contribution in [-0.4, -0.2) is 44.1 Å². The van der Waals surface area contributed by atoms with E-state index in [1.807, 2.05) is 42.5 Å². The summed E-state index contributed by atoms with van der Waals surface area (Å²) in [5, 5.41) is 30.9. The molecule has 0 atom stereocenters. The number of para-hydroxylation sites is 2. The first-order valence-corrected chi connectivity index (χ1v) is 8.80. The number of carbonyl (C=O) groups excluding carboxylic acids is 1. The Hall–Kier alpha value is -4.27. The summed E-state index contributed by atoms with van der Waals surface area (Å²) >= 11 is 0. The maximum Gasteiger partial charge on any atom is 0.248 e. The Labute approximate surface area is 165 Å². The number of nitrogens with one attached hydrogen (secondary N) is 2. The van der Waals surface area contributed by atoms with Gasteiger partial charge in [-0.1, -0.05) is 53.6 Å². The number of nitrogens with zero attached hydrogens (tertiary/aromatic N) is 5. The molecule has 0 saturated carbocycles. The molecule has 9 nitrogen and oxygen atoms in total. The van der Waals surface area contributed by atoms with Gasteiger partial charge in [0.25, 0.3) is 0 Å². The number of hydrogen-bond donors (Lipinski definition) is 2. The van der Waals surface area contributed by atoms with Crippen molar-refractivity contribution in [1.82, 2.24) is 20.2 Å². The van der Waals surface area contributed by atoms with E-state index in [2.05, 4.69) is 32.9 Å². The summed E-state index contributed by atoms with van der Waals surface area (Å²) in [6, 6.07) is 20.3. The van der Waals surface area contributed by atoms with Crippen LogP contribution in [0.25, 0.3) is 16.5 Å². The first kappa shape index (κ1) is 18.1. The van der Waals surface area contributed by atoms with Crippen LogP contribution in [0.15, 0.2) is 66.7 Å². The van der Waals surface area contributed by atoms with Crippen molar-refractivity contribution in [2.45, 2.75) is 0 Å². The van der Waals surface area contributed by atoms with Crippen molar-refractivity contribution in [2.24, 2.45) is 0 Å². The first-order chi connectivity index (χ1) is 14.1. The van der Waals surface area contributed by atoms with Gasteiger partial charge in [0.1, 0.15) is 12.4 Å². The fraction of sp³-hybridized carbons (Fsp3) is 0.0500. The smallest absolute Gasteiger partial charge is 0.248 e. The lowest BCUT2D eigenvalue weighted by Crippen LogP contribution is -2.23. The second-order valence-corrected chi connectivity index (χ2v) is 6.21. The van der Waals surface area contributed by atoms with Gasteiger partial charge in [0.2, 0.25) is 17.5 Å². The van der Waals surface area contributed by atoms with Crippen LogP contribution in [0.4, 0.5) is 17.3 Å². The molecule has 0 aliphatic heterocycles. The minimum atomic E-state index is -0.355. The zero-order chi connectivity index (χ0) is 20.2. The zero-order valence-electron chi connectivity index (χ0n) is 15.3. The van der Waals surface area contributed by atoms with Crippen molar-refractivity contribution >= 4 is 40.7 Å². The number of fused-ring (bicyclic) bond motifs is 1. The molecule has 2 N–H and O–H groups in total. The van der Waals surface area contributed by atoms with E-state index < -0.39 is 0 Å². The van der Waals surface area contributed by atoms with Crippen molar-refractivity contribution < 1.29 is 9.53 Å². The molecule has 0 aliphatic rings. The number of tetrazole rings is 1. The zero-order valence-corrected chi connectivity index (χ0v) is 15.3. The van der Waals surface area contributed by atoms with Crippen LogP contribution in [0, 0.1) is 5.21 Å². The molecule has 29 heavy (non-hydrogen) atoms. The van der Waals surface area contributed by atoms with E-state index in [-0.39, 0.29) is 18.1 Å². The number of carbonyl (C=O) groups is 1. The fourth-order valence-corrected chi connectivity index (χ4v) is 3.00. The van der Waals surface area contributed by atoms with Crippen molar-refractivity contribution in [3.8, 4) is 5.69 Å². The van der Waals surface area contributed by atoms with E-state index in [1.54, 1.807) is 28.9 Å². The molecule has 0 bridgehead atoms. The first-order valence-electron chi connectivity index (χ1n) is 8.80. The molecule has 1 heterocycles. The van der Waals surface area contributed by atoms with Gasteiger partial charge >= 0.3 is 0 Å². The minimum Gasteiger partial charge on any atom is -0.619 e. The van der Waals surface area contributed by atoms with Gasteiger partial charge in [0.15, 0.2) is 0 Å². The SMILES string of the molecule is C=[N+]([O-])c1ccccc1NC(=O)CNc1nnnn1-c1cccc2ccccc12. The van der Waals surface area contributed by atoms with Crippen molar-refractivity contribution in [3.63, 3.8) is 0 Å². The summed E-state index contributed by atoms with van der Waals surface area (Å²) in [7, 11) is 0. The molecule has 144 valence electrons. The Bertz CT molecular complexity index is 1200. The summed E-state index contributed by atoms with van der Waals surface area (Å²) in [5.41, 5.74) is 1.43. The molecular formula is C20H17N7O2. The molecule has 3 aromatic carbocycles. The lowest BCUT2D eigenvalue weighted by atomic mass is 10.1. The van der Waals surface area contributed by atoms with Crippen molar-refractivity contribution in [2.75, 3.05) is 17.2 Å².